The Balaban J connectivity index is 0.00000363. The van der Waals surface area contributed by atoms with Gasteiger partial charge in [0.25, 0.3) is 11.6 Å². The van der Waals surface area contributed by atoms with Gasteiger partial charge < -0.3 is 9.64 Å². The average molecular weight is 479 g/mol. The fraction of sp³-hybridized carbons (Fsp3) is 0.364. The van der Waals surface area contributed by atoms with Crippen molar-refractivity contribution in [3.63, 3.8) is 0 Å². The van der Waals surface area contributed by atoms with Gasteiger partial charge in [-0.2, -0.15) is 0 Å². The molecule has 0 aliphatic rings. The van der Waals surface area contributed by atoms with Crippen LogP contribution in [-0.2, 0) is 0 Å². The normalized spacial score (nSPS) is 10.8. The summed E-state index contributed by atoms with van der Waals surface area (Å²) in [7, 11) is 1.61. The van der Waals surface area contributed by atoms with E-state index in [2.05, 4.69) is 23.7 Å². The number of likely N-dealkylation sites (N-methyl/N-ethyl adjacent to an activating group) is 1. The minimum absolute atomic E-state index is 0. The molecule has 8 nitrogen and oxygen atoms in total. The molecule has 10 heteroatoms. The lowest BCUT2D eigenvalue weighted by atomic mass is 10.1. The highest BCUT2D eigenvalue weighted by molar-refractivity contribution is 7.22. The van der Waals surface area contributed by atoms with Crippen molar-refractivity contribution in [3.05, 3.63) is 57.6 Å². The number of ether oxygens (including phenoxy) is 1. The Labute approximate surface area is 197 Å². The third-order valence-corrected chi connectivity index (χ3v) is 6.37. The number of rotatable bonds is 9. The average Bonchev–Trinajstić information content (AvgIpc) is 3.19. The van der Waals surface area contributed by atoms with Gasteiger partial charge in [-0.3, -0.25) is 19.8 Å². The van der Waals surface area contributed by atoms with E-state index in [1.165, 1.54) is 17.4 Å². The van der Waals surface area contributed by atoms with Crippen molar-refractivity contribution < 1.29 is 14.5 Å². The largest absolute Gasteiger partial charge is 0.497 e. The fourth-order valence-electron chi connectivity index (χ4n) is 3.40. The van der Waals surface area contributed by atoms with Crippen molar-refractivity contribution in [3.8, 4) is 5.75 Å². The molecule has 0 fully saturated rings. The third kappa shape index (κ3) is 5.35. The molecule has 0 radical (unpaired) electrons. The van der Waals surface area contributed by atoms with Gasteiger partial charge in [0.2, 0.25) is 0 Å². The Morgan fingerprint density at radius 2 is 1.91 bits per heavy atom. The highest BCUT2D eigenvalue weighted by atomic mass is 35.5. The number of carbonyl (C=O) groups excluding carboxylic acids is 1. The molecule has 3 rings (SSSR count). The standard InChI is InChI=1S/C22H26N4O4S.ClH/c1-5-24(6-2)12-13-25(21(27)17-8-7-9-19(15(17)3)26(28)29)22-23-18-11-10-16(30-4)14-20(18)31-22;/h7-11,14H,5-6,12-13H2,1-4H3;1H. The summed E-state index contributed by atoms with van der Waals surface area (Å²) in [5.41, 5.74) is 1.37. The maximum atomic E-state index is 13.6. The lowest BCUT2D eigenvalue weighted by molar-refractivity contribution is -0.385. The number of hydrogen-bond acceptors (Lipinski definition) is 7. The van der Waals surface area contributed by atoms with Crippen molar-refractivity contribution in [2.45, 2.75) is 20.8 Å². The summed E-state index contributed by atoms with van der Waals surface area (Å²) in [4.78, 5) is 33.0. The Morgan fingerprint density at radius 1 is 1.19 bits per heavy atom. The van der Waals surface area contributed by atoms with Crippen LogP contribution in [0, 0.1) is 17.0 Å². The lowest BCUT2D eigenvalue weighted by Gasteiger charge is -2.25. The van der Waals surface area contributed by atoms with Crippen LogP contribution in [0.3, 0.4) is 0 Å². The zero-order valence-electron chi connectivity index (χ0n) is 18.5. The van der Waals surface area contributed by atoms with Crippen LogP contribution in [0.25, 0.3) is 10.2 Å². The van der Waals surface area contributed by atoms with Gasteiger partial charge in [0, 0.05) is 30.3 Å². The van der Waals surface area contributed by atoms with Crippen molar-refractivity contribution in [2.24, 2.45) is 0 Å². The maximum absolute atomic E-state index is 13.6. The lowest BCUT2D eigenvalue weighted by Crippen LogP contribution is -2.39. The molecule has 0 bridgehead atoms. The van der Waals surface area contributed by atoms with Crippen molar-refractivity contribution in [1.29, 1.82) is 0 Å². The number of anilines is 1. The molecule has 0 unspecified atom stereocenters. The van der Waals surface area contributed by atoms with Crippen LogP contribution in [0.4, 0.5) is 10.8 Å². The first-order valence-corrected chi connectivity index (χ1v) is 10.9. The summed E-state index contributed by atoms with van der Waals surface area (Å²) in [5.74, 6) is 0.428. The Kier molecular flexibility index (Phi) is 8.94. The van der Waals surface area contributed by atoms with Crippen LogP contribution in [0.15, 0.2) is 36.4 Å². The number of halogens is 1. The van der Waals surface area contributed by atoms with E-state index in [1.54, 1.807) is 31.1 Å². The molecule has 0 aliphatic heterocycles. The Morgan fingerprint density at radius 3 is 2.53 bits per heavy atom. The number of thiazole rings is 1. The smallest absolute Gasteiger partial charge is 0.273 e. The van der Waals surface area contributed by atoms with Gasteiger partial charge in [0.05, 0.1) is 22.2 Å². The van der Waals surface area contributed by atoms with E-state index in [1.807, 2.05) is 18.2 Å². The molecule has 172 valence electrons. The number of nitrogens with zero attached hydrogens (tertiary/aromatic N) is 4. The molecule has 0 aliphatic carbocycles. The monoisotopic (exact) mass is 478 g/mol. The van der Waals surface area contributed by atoms with Gasteiger partial charge in [-0.15, -0.1) is 12.4 Å². The van der Waals surface area contributed by atoms with Crippen molar-refractivity contribution in [2.75, 3.05) is 38.2 Å². The first-order valence-electron chi connectivity index (χ1n) is 10.1. The molecule has 2 aromatic carbocycles. The predicted octanol–water partition coefficient (Wildman–Crippen LogP) is 4.93. The topological polar surface area (TPSA) is 88.8 Å². The number of aromatic nitrogens is 1. The second-order valence-electron chi connectivity index (χ2n) is 7.02. The SMILES string of the molecule is CCN(CC)CCN(C(=O)c1cccc([N+](=O)[O-])c1C)c1nc2ccc(OC)cc2s1.Cl. The number of nitro benzene ring substituents is 1. The minimum Gasteiger partial charge on any atom is -0.497 e. The molecule has 1 heterocycles. The number of hydrogen-bond donors (Lipinski definition) is 0. The molecule has 0 spiro atoms. The number of amides is 1. The first-order chi connectivity index (χ1) is 14.9. The molecule has 3 aromatic rings. The van der Waals surface area contributed by atoms with E-state index in [9.17, 15) is 14.9 Å². The second-order valence-corrected chi connectivity index (χ2v) is 8.03. The summed E-state index contributed by atoms with van der Waals surface area (Å²) in [6, 6.07) is 10.2. The fourth-order valence-corrected chi connectivity index (χ4v) is 4.42. The number of methoxy groups -OCH3 is 1. The summed E-state index contributed by atoms with van der Waals surface area (Å²) in [6.07, 6.45) is 0. The van der Waals surface area contributed by atoms with Crippen LogP contribution in [0.2, 0.25) is 0 Å². The van der Waals surface area contributed by atoms with Gasteiger partial charge in [-0.1, -0.05) is 31.3 Å². The minimum atomic E-state index is -0.462. The number of carbonyl (C=O) groups is 1. The third-order valence-electron chi connectivity index (χ3n) is 5.33. The van der Waals surface area contributed by atoms with Crippen LogP contribution in [-0.4, -0.2) is 54.0 Å². The molecule has 32 heavy (non-hydrogen) atoms. The van der Waals surface area contributed by atoms with Gasteiger partial charge in [-0.25, -0.2) is 4.98 Å². The molecule has 1 amide bonds. The highest BCUT2D eigenvalue weighted by Gasteiger charge is 2.26. The van der Waals surface area contributed by atoms with Crippen molar-refractivity contribution in [1.82, 2.24) is 9.88 Å². The summed E-state index contributed by atoms with van der Waals surface area (Å²) < 4.78 is 6.20. The van der Waals surface area contributed by atoms with E-state index < -0.39 is 4.92 Å². The van der Waals surface area contributed by atoms with Crippen LogP contribution >= 0.6 is 23.7 Å². The van der Waals surface area contributed by atoms with E-state index in [4.69, 9.17) is 4.74 Å². The Bertz CT molecular complexity index is 1100. The van der Waals surface area contributed by atoms with Gasteiger partial charge >= 0.3 is 0 Å². The van der Waals surface area contributed by atoms with Gasteiger partial charge in [0.1, 0.15) is 5.75 Å². The molecule has 0 saturated heterocycles. The maximum Gasteiger partial charge on any atom is 0.273 e. The van der Waals surface area contributed by atoms with E-state index in [0.717, 1.165) is 29.1 Å². The van der Waals surface area contributed by atoms with Crippen molar-refractivity contribution >= 4 is 50.7 Å². The molecule has 0 atom stereocenters. The van der Waals surface area contributed by atoms with Gasteiger partial charge in [-0.05, 0) is 44.3 Å². The summed E-state index contributed by atoms with van der Waals surface area (Å²) >= 11 is 1.40. The van der Waals surface area contributed by atoms with E-state index in [-0.39, 0.29) is 24.0 Å². The highest BCUT2D eigenvalue weighted by Crippen LogP contribution is 2.33. The zero-order valence-corrected chi connectivity index (χ0v) is 20.2. The predicted molar refractivity (Wildman–Crippen MR) is 131 cm³/mol. The Hall–Kier alpha value is -2.75. The van der Waals surface area contributed by atoms with Gasteiger partial charge in [0.15, 0.2) is 5.13 Å². The molecule has 0 N–H and O–H groups in total. The zero-order chi connectivity index (χ0) is 22.5. The van der Waals surface area contributed by atoms with E-state index in [0.29, 0.717) is 29.3 Å². The molecular formula is C22H27ClN4O4S. The van der Waals surface area contributed by atoms with Crippen LogP contribution < -0.4 is 9.64 Å². The summed E-state index contributed by atoms with van der Waals surface area (Å²) in [6.45, 7) is 8.59. The van der Waals surface area contributed by atoms with Crippen LogP contribution in [0.5, 0.6) is 5.75 Å². The number of benzene rings is 2. The number of fused-ring (bicyclic) bond motifs is 1. The first kappa shape index (κ1) is 25.5. The molecular weight excluding hydrogens is 452 g/mol. The van der Waals surface area contributed by atoms with Crippen LogP contribution in [0.1, 0.15) is 29.8 Å². The molecule has 1 aromatic heterocycles. The number of nitro groups is 1. The summed E-state index contributed by atoms with van der Waals surface area (Å²) in [5, 5.41) is 11.9. The van der Waals surface area contributed by atoms with E-state index >= 15 is 0 Å². The quantitative estimate of drug-likeness (QED) is 0.320. The second kappa shape index (κ2) is 11.2. The molecule has 0 saturated carbocycles.